The highest BCUT2D eigenvalue weighted by Crippen LogP contribution is 2.53. The number of phenolic OH excluding ortho intramolecular Hbond substituents is 2. The zero-order valence-corrected chi connectivity index (χ0v) is 20.7. The molecule has 0 amide bonds. The van der Waals surface area contributed by atoms with E-state index >= 15 is 0 Å². The fourth-order valence-corrected chi connectivity index (χ4v) is 4.84. The molecule has 2 N–H and O–H groups in total. The highest BCUT2D eigenvalue weighted by Gasteiger charge is 2.33. The lowest BCUT2D eigenvalue weighted by atomic mass is 9.75. The van der Waals surface area contributed by atoms with Crippen molar-refractivity contribution in [3.63, 3.8) is 0 Å². The van der Waals surface area contributed by atoms with Gasteiger partial charge in [-0.1, -0.05) is 41.5 Å². The van der Waals surface area contributed by atoms with Crippen molar-refractivity contribution in [3.8, 4) is 34.1 Å². The molecule has 0 heterocycles. The Balaban J connectivity index is 3.18. The summed E-state index contributed by atoms with van der Waals surface area (Å²) in [6, 6.07) is 0. The van der Waals surface area contributed by atoms with Crippen LogP contribution in [0.1, 0.15) is 74.9 Å². The van der Waals surface area contributed by atoms with E-state index in [4.69, 9.17) is 9.47 Å². The van der Waals surface area contributed by atoms with Crippen molar-refractivity contribution in [3.05, 3.63) is 33.4 Å². The molecule has 0 spiro atoms. The molecule has 166 valence electrons. The summed E-state index contributed by atoms with van der Waals surface area (Å²) in [4.78, 5) is 0. The van der Waals surface area contributed by atoms with Crippen LogP contribution < -0.4 is 9.47 Å². The van der Waals surface area contributed by atoms with Gasteiger partial charge >= 0.3 is 0 Å². The molecule has 0 saturated heterocycles. The number of aromatic hydroxyl groups is 2. The van der Waals surface area contributed by atoms with Gasteiger partial charge in [0.15, 0.2) is 0 Å². The summed E-state index contributed by atoms with van der Waals surface area (Å²) in [6.07, 6.45) is 0. The first kappa shape index (κ1) is 23.9. The van der Waals surface area contributed by atoms with E-state index in [0.717, 1.165) is 22.3 Å². The van der Waals surface area contributed by atoms with Gasteiger partial charge in [-0.3, -0.25) is 0 Å². The summed E-state index contributed by atoms with van der Waals surface area (Å²) in [7, 11) is 3.27. The van der Waals surface area contributed by atoms with Crippen molar-refractivity contribution < 1.29 is 19.7 Å². The minimum atomic E-state index is -0.208. The first-order chi connectivity index (χ1) is 13.6. The van der Waals surface area contributed by atoms with Gasteiger partial charge in [0.2, 0.25) is 0 Å². The fourth-order valence-electron chi connectivity index (χ4n) is 4.84. The molecular weight excluding hydrogens is 376 g/mol. The van der Waals surface area contributed by atoms with E-state index in [1.165, 1.54) is 0 Å². The topological polar surface area (TPSA) is 58.9 Å². The molecule has 4 nitrogen and oxygen atoms in total. The number of rotatable bonds is 3. The number of hydrogen-bond acceptors (Lipinski definition) is 4. The van der Waals surface area contributed by atoms with Crippen molar-refractivity contribution in [2.45, 2.75) is 80.1 Å². The average Bonchev–Trinajstić information content (AvgIpc) is 2.61. The Bertz CT molecular complexity index is 905. The summed E-state index contributed by atoms with van der Waals surface area (Å²) in [5.41, 5.74) is 6.12. The van der Waals surface area contributed by atoms with Gasteiger partial charge in [0, 0.05) is 33.4 Å². The maximum absolute atomic E-state index is 11.3. The molecule has 0 radical (unpaired) electrons. The van der Waals surface area contributed by atoms with Crippen molar-refractivity contribution in [1.29, 1.82) is 0 Å². The van der Waals surface area contributed by atoms with Gasteiger partial charge < -0.3 is 19.7 Å². The summed E-state index contributed by atoms with van der Waals surface area (Å²) >= 11 is 0. The Morgan fingerprint density at radius 2 is 0.800 bits per heavy atom. The largest absolute Gasteiger partial charge is 0.507 e. The normalized spacial score (nSPS) is 12.3. The van der Waals surface area contributed by atoms with Crippen molar-refractivity contribution in [1.82, 2.24) is 0 Å². The number of ether oxygens (including phenoxy) is 2. The Morgan fingerprint density at radius 3 is 1.00 bits per heavy atom. The van der Waals surface area contributed by atoms with Crippen LogP contribution in [0.15, 0.2) is 0 Å². The Kier molecular flexibility index (Phi) is 6.15. The molecule has 0 bridgehead atoms. The minimum Gasteiger partial charge on any atom is -0.507 e. The van der Waals surface area contributed by atoms with E-state index in [1.807, 2.05) is 27.7 Å². The molecule has 2 aromatic rings. The highest BCUT2D eigenvalue weighted by atomic mass is 16.5. The van der Waals surface area contributed by atoms with Gasteiger partial charge in [-0.15, -0.1) is 0 Å². The summed E-state index contributed by atoms with van der Waals surface area (Å²) in [5, 5.41) is 22.5. The molecule has 0 fully saturated rings. The molecule has 0 atom stereocenters. The van der Waals surface area contributed by atoms with Gasteiger partial charge in [0.1, 0.15) is 23.0 Å². The predicted octanol–water partition coefficient (Wildman–Crippen LogP) is 6.61. The SMILES string of the molecule is COc1c(C)c(O)c(-c2c(C)c(C(C)(C)C)c(OC)c(C)c2O)c(C)c1C(C)(C)C. The molecule has 2 aromatic carbocycles. The zero-order valence-electron chi connectivity index (χ0n) is 20.7. The predicted molar refractivity (Wildman–Crippen MR) is 125 cm³/mol. The third-order valence-electron chi connectivity index (χ3n) is 5.98. The van der Waals surface area contributed by atoms with Gasteiger partial charge in [-0.25, -0.2) is 0 Å². The fraction of sp³-hybridized carbons (Fsp3) is 0.538. The number of methoxy groups -OCH3 is 2. The van der Waals surface area contributed by atoms with E-state index < -0.39 is 0 Å². The van der Waals surface area contributed by atoms with Gasteiger partial charge in [-0.2, -0.15) is 0 Å². The van der Waals surface area contributed by atoms with E-state index in [1.54, 1.807) is 14.2 Å². The lowest BCUT2D eigenvalue weighted by molar-refractivity contribution is 0.384. The number of phenols is 2. The first-order valence-corrected chi connectivity index (χ1v) is 10.4. The molecule has 0 aliphatic heterocycles. The van der Waals surface area contributed by atoms with Crippen LogP contribution in [-0.4, -0.2) is 24.4 Å². The average molecular weight is 415 g/mol. The third-order valence-corrected chi connectivity index (χ3v) is 5.98. The second-order valence-electron chi connectivity index (χ2n) is 10.3. The van der Waals surface area contributed by atoms with Crippen molar-refractivity contribution in [2.24, 2.45) is 0 Å². The van der Waals surface area contributed by atoms with E-state index in [9.17, 15) is 10.2 Å². The van der Waals surface area contributed by atoms with Crippen molar-refractivity contribution in [2.75, 3.05) is 14.2 Å². The van der Waals surface area contributed by atoms with Crippen LogP contribution in [0, 0.1) is 27.7 Å². The molecular formula is C26H38O4. The van der Waals surface area contributed by atoms with Crippen LogP contribution in [-0.2, 0) is 10.8 Å². The van der Waals surface area contributed by atoms with Crippen LogP contribution in [0.25, 0.3) is 11.1 Å². The Hall–Kier alpha value is -2.36. The van der Waals surface area contributed by atoms with E-state index in [0.29, 0.717) is 33.8 Å². The van der Waals surface area contributed by atoms with Crippen LogP contribution in [0.3, 0.4) is 0 Å². The highest BCUT2D eigenvalue weighted by molar-refractivity contribution is 5.87. The molecule has 0 aromatic heterocycles. The summed E-state index contributed by atoms with van der Waals surface area (Å²) in [5.74, 6) is 1.67. The van der Waals surface area contributed by atoms with Crippen LogP contribution >= 0.6 is 0 Å². The van der Waals surface area contributed by atoms with Crippen LogP contribution in [0.5, 0.6) is 23.0 Å². The van der Waals surface area contributed by atoms with Gasteiger partial charge in [0.05, 0.1) is 14.2 Å². The molecule has 0 aliphatic rings. The molecule has 0 unspecified atom stereocenters. The monoisotopic (exact) mass is 414 g/mol. The smallest absolute Gasteiger partial charge is 0.130 e. The maximum Gasteiger partial charge on any atom is 0.130 e. The second-order valence-corrected chi connectivity index (χ2v) is 10.3. The zero-order chi connectivity index (χ0) is 23.3. The van der Waals surface area contributed by atoms with Crippen LogP contribution in [0.2, 0.25) is 0 Å². The molecule has 0 aliphatic carbocycles. The second kappa shape index (κ2) is 7.72. The quantitative estimate of drug-likeness (QED) is 0.593. The minimum absolute atomic E-state index is 0.139. The van der Waals surface area contributed by atoms with Crippen LogP contribution in [0.4, 0.5) is 0 Å². The number of benzene rings is 2. The Morgan fingerprint density at radius 1 is 0.533 bits per heavy atom. The van der Waals surface area contributed by atoms with E-state index in [2.05, 4.69) is 41.5 Å². The lowest BCUT2D eigenvalue weighted by Crippen LogP contribution is -2.18. The lowest BCUT2D eigenvalue weighted by Gasteiger charge is -2.32. The van der Waals surface area contributed by atoms with Gasteiger partial charge in [-0.05, 0) is 49.7 Å². The van der Waals surface area contributed by atoms with E-state index in [-0.39, 0.29) is 22.3 Å². The number of hydrogen-bond donors (Lipinski definition) is 2. The molecule has 4 heteroatoms. The maximum atomic E-state index is 11.3. The molecule has 0 saturated carbocycles. The van der Waals surface area contributed by atoms with Gasteiger partial charge in [0.25, 0.3) is 0 Å². The Labute approximate surface area is 181 Å². The molecule has 2 rings (SSSR count). The summed E-state index contributed by atoms with van der Waals surface area (Å²) in [6.45, 7) is 20.5. The third kappa shape index (κ3) is 3.61. The van der Waals surface area contributed by atoms with Crippen molar-refractivity contribution >= 4 is 0 Å². The standard InChI is InChI=1S/C26H38O4/c1-13-17(21(27)15(3)23(29-11)19(13)25(5,6)7)18-14(2)20(26(8,9)10)24(30-12)16(4)22(18)28/h27-28H,1-12H3. The molecule has 30 heavy (non-hydrogen) atoms. The summed E-state index contributed by atoms with van der Waals surface area (Å²) < 4.78 is 11.4. The first-order valence-electron chi connectivity index (χ1n) is 10.4.